The van der Waals surface area contributed by atoms with Gasteiger partial charge in [0, 0.05) is 6.04 Å². The fraction of sp³-hybridized carbons (Fsp3) is 1.00. The van der Waals surface area contributed by atoms with Crippen LogP contribution in [0.2, 0.25) is 0 Å². The predicted octanol–water partition coefficient (Wildman–Crippen LogP) is 3.08. The van der Waals surface area contributed by atoms with E-state index in [0.717, 1.165) is 12.3 Å². The van der Waals surface area contributed by atoms with Gasteiger partial charge in [-0.15, -0.1) is 0 Å². The second kappa shape index (κ2) is 10.4. The van der Waals surface area contributed by atoms with Crippen molar-refractivity contribution in [2.24, 2.45) is 11.7 Å². The number of rotatable bonds is 10. The van der Waals surface area contributed by atoms with Crippen LogP contribution >= 0.6 is 0 Å². The molecule has 0 aliphatic rings. The standard InChI is InChI=1S/C13H29NO/c1-12(2)9-7-5-3-4-6-8-10-13(14)11-15/h12-13,15H,3-11,14H2,1-2H3. The molecular formula is C13H29NO. The van der Waals surface area contributed by atoms with Crippen molar-refractivity contribution in [3.05, 3.63) is 0 Å². The van der Waals surface area contributed by atoms with Crippen LogP contribution in [0.5, 0.6) is 0 Å². The van der Waals surface area contributed by atoms with Gasteiger partial charge >= 0.3 is 0 Å². The third-order valence-electron chi connectivity index (χ3n) is 2.84. The van der Waals surface area contributed by atoms with Gasteiger partial charge in [0.05, 0.1) is 6.61 Å². The Hall–Kier alpha value is -0.0800. The molecule has 0 saturated carbocycles. The van der Waals surface area contributed by atoms with Gasteiger partial charge in [0.25, 0.3) is 0 Å². The van der Waals surface area contributed by atoms with Crippen LogP contribution in [0.3, 0.4) is 0 Å². The minimum absolute atomic E-state index is 0.00550. The molecule has 0 fully saturated rings. The van der Waals surface area contributed by atoms with Gasteiger partial charge in [-0.2, -0.15) is 0 Å². The summed E-state index contributed by atoms with van der Waals surface area (Å²) in [7, 11) is 0. The van der Waals surface area contributed by atoms with E-state index in [4.69, 9.17) is 10.8 Å². The molecule has 1 atom stereocenters. The fourth-order valence-electron chi connectivity index (χ4n) is 1.76. The summed E-state index contributed by atoms with van der Waals surface area (Å²) >= 11 is 0. The minimum Gasteiger partial charge on any atom is -0.395 e. The van der Waals surface area contributed by atoms with Crippen LogP contribution in [-0.4, -0.2) is 17.8 Å². The lowest BCUT2D eigenvalue weighted by Crippen LogP contribution is -2.23. The summed E-state index contributed by atoms with van der Waals surface area (Å²) < 4.78 is 0. The lowest BCUT2D eigenvalue weighted by Gasteiger charge is -2.07. The zero-order valence-electron chi connectivity index (χ0n) is 10.5. The molecule has 0 bridgehead atoms. The molecule has 2 heteroatoms. The summed E-state index contributed by atoms with van der Waals surface area (Å²) in [6.07, 6.45) is 10.2. The molecule has 0 aliphatic heterocycles. The molecule has 0 radical (unpaired) electrons. The number of hydrogen-bond donors (Lipinski definition) is 2. The van der Waals surface area contributed by atoms with Crippen LogP contribution in [0.4, 0.5) is 0 Å². The first-order valence-corrected chi connectivity index (χ1v) is 6.53. The van der Waals surface area contributed by atoms with Crippen molar-refractivity contribution >= 4 is 0 Å². The van der Waals surface area contributed by atoms with Gasteiger partial charge in [-0.25, -0.2) is 0 Å². The molecule has 0 rings (SSSR count). The molecular weight excluding hydrogens is 186 g/mol. The Morgan fingerprint density at radius 1 is 0.867 bits per heavy atom. The smallest absolute Gasteiger partial charge is 0.0582 e. The number of nitrogens with two attached hydrogens (primary N) is 1. The average molecular weight is 215 g/mol. The Morgan fingerprint density at radius 2 is 1.33 bits per heavy atom. The third-order valence-corrected chi connectivity index (χ3v) is 2.84. The van der Waals surface area contributed by atoms with E-state index < -0.39 is 0 Å². The largest absolute Gasteiger partial charge is 0.395 e. The lowest BCUT2D eigenvalue weighted by atomic mass is 10.0. The van der Waals surface area contributed by atoms with Crippen LogP contribution < -0.4 is 5.73 Å². The van der Waals surface area contributed by atoms with E-state index in [9.17, 15) is 0 Å². The van der Waals surface area contributed by atoms with Crippen LogP contribution in [0, 0.1) is 5.92 Å². The van der Waals surface area contributed by atoms with Crippen molar-refractivity contribution in [3.8, 4) is 0 Å². The first kappa shape index (κ1) is 14.9. The van der Waals surface area contributed by atoms with Gasteiger partial charge in [0.15, 0.2) is 0 Å². The highest BCUT2D eigenvalue weighted by molar-refractivity contribution is 4.58. The summed E-state index contributed by atoms with van der Waals surface area (Å²) in [5, 5.41) is 8.73. The average Bonchev–Trinajstić information content (AvgIpc) is 2.21. The fourth-order valence-corrected chi connectivity index (χ4v) is 1.76. The van der Waals surface area contributed by atoms with Gasteiger partial charge in [0.1, 0.15) is 0 Å². The Bertz CT molecular complexity index is 126. The summed E-state index contributed by atoms with van der Waals surface area (Å²) in [5.74, 6) is 0.854. The molecule has 0 aromatic carbocycles. The molecule has 0 aromatic rings. The number of aliphatic hydroxyl groups is 1. The molecule has 15 heavy (non-hydrogen) atoms. The number of hydrogen-bond acceptors (Lipinski definition) is 2. The van der Waals surface area contributed by atoms with Crippen molar-refractivity contribution in [2.45, 2.75) is 71.3 Å². The summed E-state index contributed by atoms with van der Waals surface area (Å²) in [5.41, 5.74) is 5.62. The van der Waals surface area contributed by atoms with Crippen molar-refractivity contribution in [1.29, 1.82) is 0 Å². The van der Waals surface area contributed by atoms with Crippen molar-refractivity contribution in [1.82, 2.24) is 0 Å². The molecule has 0 aromatic heterocycles. The van der Waals surface area contributed by atoms with Gasteiger partial charge < -0.3 is 10.8 Å². The monoisotopic (exact) mass is 215 g/mol. The van der Waals surface area contributed by atoms with E-state index in [1.165, 1.54) is 44.9 Å². The third kappa shape index (κ3) is 11.8. The molecule has 1 unspecified atom stereocenters. The topological polar surface area (TPSA) is 46.2 Å². The number of unbranched alkanes of at least 4 members (excludes halogenated alkanes) is 5. The summed E-state index contributed by atoms with van der Waals surface area (Å²) in [6, 6.07) is 0.00550. The Kier molecular flexibility index (Phi) is 10.4. The second-order valence-electron chi connectivity index (χ2n) is 5.04. The Balaban J connectivity index is 2.99. The highest BCUT2D eigenvalue weighted by atomic mass is 16.3. The molecule has 0 aliphatic carbocycles. The molecule has 0 amide bonds. The zero-order chi connectivity index (χ0) is 11.5. The van der Waals surface area contributed by atoms with Crippen molar-refractivity contribution in [2.75, 3.05) is 6.61 Å². The molecule has 0 heterocycles. The van der Waals surface area contributed by atoms with Gasteiger partial charge in [-0.05, 0) is 12.3 Å². The highest BCUT2D eigenvalue weighted by Gasteiger charge is 1.99. The van der Waals surface area contributed by atoms with Gasteiger partial charge in [-0.3, -0.25) is 0 Å². The Morgan fingerprint density at radius 3 is 1.80 bits per heavy atom. The normalized spacial score (nSPS) is 13.4. The lowest BCUT2D eigenvalue weighted by molar-refractivity contribution is 0.257. The Labute approximate surface area is 95.3 Å². The van der Waals surface area contributed by atoms with E-state index in [2.05, 4.69) is 13.8 Å². The molecule has 0 saturated heterocycles. The van der Waals surface area contributed by atoms with Crippen molar-refractivity contribution in [3.63, 3.8) is 0 Å². The first-order valence-electron chi connectivity index (χ1n) is 6.53. The first-order chi connectivity index (χ1) is 7.16. The summed E-state index contributed by atoms with van der Waals surface area (Å²) in [4.78, 5) is 0. The zero-order valence-corrected chi connectivity index (χ0v) is 10.5. The number of aliphatic hydroxyl groups excluding tert-OH is 1. The van der Waals surface area contributed by atoms with Gasteiger partial charge in [0.2, 0.25) is 0 Å². The second-order valence-corrected chi connectivity index (χ2v) is 5.04. The molecule has 3 N–H and O–H groups in total. The molecule has 2 nitrogen and oxygen atoms in total. The van der Waals surface area contributed by atoms with Crippen LogP contribution in [-0.2, 0) is 0 Å². The van der Waals surface area contributed by atoms with E-state index in [1.807, 2.05) is 0 Å². The van der Waals surface area contributed by atoms with E-state index in [-0.39, 0.29) is 12.6 Å². The van der Waals surface area contributed by atoms with E-state index >= 15 is 0 Å². The summed E-state index contributed by atoms with van der Waals surface area (Å²) in [6.45, 7) is 4.71. The quantitative estimate of drug-likeness (QED) is 0.550. The maximum Gasteiger partial charge on any atom is 0.0582 e. The van der Waals surface area contributed by atoms with Crippen molar-refractivity contribution < 1.29 is 5.11 Å². The van der Waals surface area contributed by atoms with E-state index in [1.54, 1.807) is 0 Å². The predicted molar refractivity (Wildman–Crippen MR) is 66.8 cm³/mol. The maximum absolute atomic E-state index is 8.73. The highest BCUT2D eigenvalue weighted by Crippen LogP contribution is 2.12. The van der Waals surface area contributed by atoms with Crippen LogP contribution in [0.15, 0.2) is 0 Å². The van der Waals surface area contributed by atoms with E-state index in [0.29, 0.717) is 0 Å². The van der Waals surface area contributed by atoms with Crippen LogP contribution in [0.1, 0.15) is 65.2 Å². The minimum atomic E-state index is 0.00550. The molecule has 0 spiro atoms. The SMILES string of the molecule is CC(C)CCCCCCCCC(N)CO. The molecule has 92 valence electrons. The maximum atomic E-state index is 8.73. The van der Waals surface area contributed by atoms with Crippen LogP contribution in [0.25, 0.3) is 0 Å². The van der Waals surface area contributed by atoms with Gasteiger partial charge in [-0.1, -0.05) is 58.8 Å².